The molecule has 0 aromatic heterocycles. The molecule has 2 aromatic carbocycles. The van der Waals surface area contributed by atoms with Crippen LogP contribution in [-0.2, 0) is 25.5 Å². The molecule has 2 aromatic rings. The number of carbonyl (C=O) groups is 1. The summed E-state index contributed by atoms with van der Waals surface area (Å²) in [4.78, 5) is 11.7. The maximum Gasteiger partial charge on any atom is 0.407 e. The maximum absolute atomic E-state index is 12.0. The molecular weight excluding hydrogens is 366 g/mol. The first-order valence-corrected chi connectivity index (χ1v) is 10.3. The molecule has 0 saturated heterocycles. The third kappa shape index (κ3) is 7.80. The van der Waals surface area contributed by atoms with Gasteiger partial charge in [0.05, 0.1) is 18.1 Å². The molecule has 0 fully saturated rings. The van der Waals surface area contributed by atoms with E-state index in [4.69, 9.17) is 8.92 Å². The predicted molar refractivity (Wildman–Crippen MR) is 103 cm³/mol. The first-order chi connectivity index (χ1) is 13.0. The lowest BCUT2D eigenvalue weighted by Gasteiger charge is -2.08. The quantitative estimate of drug-likeness (QED) is 0.495. The summed E-state index contributed by atoms with van der Waals surface area (Å²) in [6.07, 6.45) is 1.30. The summed E-state index contributed by atoms with van der Waals surface area (Å²) in [7, 11) is -3.73. The zero-order valence-corrected chi connectivity index (χ0v) is 16.2. The summed E-state index contributed by atoms with van der Waals surface area (Å²) in [6, 6.07) is 16.3. The number of alkyl carbamates (subject to hydrolysis) is 1. The van der Waals surface area contributed by atoms with E-state index >= 15 is 0 Å². The normalized spacial score (nSPS) is 11.1. The average molecular weight is 391 g/mol. The van der Waals surface area contributed by atoms with Crippen molar-refractivity contribution in [1.82, 2.24) is 5.32 Å². The van der Waals surface area contributed by atoms with E-state index in [1.165, 1.54) is 12.1 Å². The Morgan fingerprint density at radius 2 is 1.67 bits per heavy atom. The fourth-order valence-corrected chi connectivity index (χ4v) is 3.26. The highest BCUT2D eigenvalue weighted by molar-refractivity contribution is 7.86. The molecule has 2 rings (SSSR count). The van der Waals surface area contributed by atoms with Crippen molar-refractivity contribution in [3.63, 3.8) is 0 Å². The minimum atomic E-state index is -3.73. The lowest BCUT2D eigenvalue weighted by Crippen LogP contribution is -2.26. The molecular formula is C20H25NO5S. The van der Waals surface area contributed by atoms with Crippen molar-refractivity contribution in [3.05, 3.63) is 65.7 Å². The zero-order valence-electron chi connectivity index (χ0n) is 15.4. The molecule has 0 atom stereocenters. The van der Waals surface area contributed by atoms with Crippen LogP contribution >= 0.6 is 0 Å². The van der Waals surface area contributed by atoms with Crippen molar-refractivity contribution in [1.29, 1.82) is 0 Å². The third-order valence-corrected chi connectivity index (χ3v) is 5.18. The number of aryl methyl sites for hydroxylation is 1. The number of hydrogen-bond donors (Lipinski definition) is 1. The molecule has 0 radical (unpaired) electrons. The number of carbonyl (C=O) groups excluding carboxylic acids is 1. The van der Waals surface area contributed by atoms with Crippen LogP contribution in [0.5, 0.6) is 0 Å². The predicted octanol–water partition coefficient (Wildman–Crippen LogP) is 3.45. The zero-order chi connectivity index (χ0) is 19.5. The Labute approximate surface area is 160 Å². The van der Waals surface area contributed by atoms with Gasteiger partial charge >= 0.3 is 6.09 Å². The Bertz CT molecular complexity index is 804. The first-order valence-electron chi connectivity index (χ1n) is 8.88. The van der Waals surface area contributed by atoms with Gasteiger partial charge in [0.15, 0.2) is 0 Å². The van der Waals surface area contributed by atoms with Crippen LogP contribution in [0.4, 0.5) is 4.79 Å². The number of unbranched alkanes of at least 4 members (excludes halogenated alkanes) is 1. The minimum absolute atomic E-state index is 0.0704. The third-order valence-electron chi connectivity index (χ3n) is 3.86. The molecule has 0 spiro atoms. The van der Waals surface area contributed by atoms with Gasteiger partial charge in [-0.2, -0.15) is 8.42 Å². The smallest absolute Gasteiger partial charge is 0.407 e. The van der Waals surface area contributed by atoms with Crippen LogP contribution in [0.15, 0.2) is 59.5 Å². The van der Waals surface area contributed by atoms with Gasteiger partial charge in [-0.25, -0.2) is 4.79 Å². The van der Waals surface area contributed by atoms with Crippen LogP contribution in [-0.4, -0.2) is 34.3 Å². The summed E-state index contributed by atoms with van der Waals surface area (Å²) in [5, 5.41) is 2.64. The topological polar surface area (TPSA) is 81.7 Å². The van der Waals surface area contributed by atoms with Gasteiger partial charge in [0.25, 0.3) is 10.1 Å². The number of nitrogens with one attached hydrogen (secondary N) is 1. The average Bonchev–Trinajstić information content (AvgIpc) is 2.66. The van der Waals surface area contributed by atoms with Gasteiger partial charge in [0.1, 0.15) is 0 Å². The molecule has 0 bridgehead atoms. The van der Waals surface area contributed by atoms with Gasteiger partial charge in [-0.15, -0.1) is 0 Å². The van der Waals surface area contributed by atoms with Gasteiger partial charge in [0, 0.05) is 13.0 Å². The second-order valence-corrected chi connectivity index (χ2v) is 7.71. The van der Waals surface area contributed by atoms with Crippen molar-refractivity contribution in [2.45, 2.75) is 31.1 Å². The first kappa shape index (κ1) is 20.9. The summed E-state index contributed by atoms with van der Waals surface area (Å²) in [5.74, 6) is 0. The lowest BCUT2D eigenvalue weighted by atomic mass is 10.2. The van der Waals surface area contributed by atoms with Crippen molar-refractivity contribution in [3.8, 4) is 0 Å². The van der Waals surface area contributed by atoms with Crippen LogP contribution in [0.3, 0.4) is 0 Å². The summed E-state index contributed by atoms with van der Waals surface area (Å²) in [6.45, 7) is 2.67. The Hall–Kier alpha value is -2.38. The van der Waals surface area contributed by atoms with Crippen molar-refractivity contribution >= 4 is 16.2 Å². The van der Waals surface area contributed by atoms with Gasteiger partial charge in [-0.1, -0.05) is 48.0 Å². The van der Waals surface area contributed by atoms with Gasteiger partial charge in [-0.05, 0) is 37.5 Å². The molecule has 0 heterocycles. The Kier molecular flexibility index (Phi) is 8.29. The Morgan fingerprint density at radius 3 is 2.37 bits per heavy atom. The fourth-order valence-electron chi connectivity index (χ4n) is 2.32. The number of amides is 1. The highest BCUT2D eigenvalue weighted by Crippen LogP contribution is 2.13. The highest BCUT2D eigenvalue weighted by Gasteiger charge is 2.14. The van der Waals surface area contributed by atoms with Crippen LogP contribution < -0.4 is 5.32 Å². The van der Waals surface area contributed by atoms with E-state index in [-0.39, 0.29) is 11.5 Å². The fraction of sp³-hybridized carbons (Fsp3) is 0.350. The molecule has 0 aliphatic rings. The van der Waals surface area contributed by atoms with E-state index in [9.17, 15) is 13.2 Å². The molecule has 0 aliphatic carbocycles. The molecule has 0 unspecified atom stereocenters. The molecule has 0 saturated carbocycles. The van der Waals surface area contributed by atoms with Gasteiger partial charge in [-0.3, -0.25) is 4.18 Å². The Morgan fingerprint density at radius 1 is 0.963 bits per heavy atom. The highest BCUT2D eigenvalue weighted by atomic mass is 32.2. The van der Waals surface area contributed by atoms with Crippen molar-refractivity contribution in [2.24, 2.45) is 0 Å². The standard InChI is InChI=1S/C20H25NO5S/c1-17-9-11-19(12-10-17)27(23,24)26-15-6-5-14-21-20(22)25-16-13-18-7-3-2-4-8-18/h2-4,7-12H,5-6,13-16H2,1H3,(H,21,22). The van der Waals surface area contributed by atoms with Crippen molar-refractivity contribution in [2.75, 3.05) is 19.8 Å². The largest absolute Gasteiger partial charge is 0.449 e. The van der Waals surface area contributed by atoms with Crippen LogP contribution in [0.2, 0.25) is 0 Å². The lowest BCUT2D eigenvalue weighted by molar-refractivity contribution is 0.147. The van der Waals surface area contributed by atoms with Crippen LogP contribution in [0.1, 0.15) is 24.0 Å². The molecule has 6 nitrogen and oxygen atoms in total. The van der Waals surface area contributed by atoms with Gasteiger partial charge in [0.2, 0.25) is 0 Å². The molecule has 0 aliphatic heterocycles. The van der Waals surface area contributed by atoms with Crippen molar-refractivity contribution < 1.29 is 22.1 Å². The molecule has 1 amide bonds. The minimum Gasteiger partial charge on any atom is -0.449 e. The van der Waals surface area contributed by atoms with E-state index in [0.717, 1.165) is 11.1 Å². The number of ether oxygens (including phenoxy) is 1. The summed E-state index contributed by atoms with van der Waals surface area (Å²) in [5.41, 5.74) is 2.09. The number of benzene rings is 2. The Balaban J connectivity index is 1.55. The molecule has 146 valence electrons. The number of rotatable bonds is 10. The number of hydrogen-bond acceptors (Lipinski definition) is 5. The van der Waals surface area contributed by atoms with Gasteiger partial charge < -0.3 is 10.1 Å². The SMILES string of the molecule is Cc1ccc(S(=O)(=O)OCCCCNC(=O)OCCc2ccccc2)cc1. The summed E-state index contributed by atoms with van der Waals surface area (Å²) < 4.78 is 34.1. The maximum atomic E-state index is 12.0. The van der Waals surface area contributed by atoms with E-state index in [1.807, 2.05) is 37.3 Å². The van der Waals surface area contributed by atoms with E-state index in [2.05, 4.69) is 5.32 Å². The van der Waals surface area contributed by atoms with Crippen LogP contribution in [0.25, 0.3) is 0 Å². The van der Waals surface area contributed by atoms with E-state index < -0.39 is 16.2 Å². The molecule has 7 heteroatoms. The van der Waals surface area contributed by atoms with Crippen LogP contribution in [0, 0.1) is 6.92 Å². The molecule has 1 N–H and O–H groups in total. The van der Waals surface area contributed by atoms with E-state index in [1.54, 1.807) is 12.1 Å². The second-order valence-electron chi connectivity index (χ2n) is 6.09. The second kappa shape index (κ2) is 10.7. The van der Waals surface area contributed by atoms with E-state index in [0.29, 0.717) is 32.4 Å². The molecule has 27 heavy (non-hydrogen) atoms. The summed E-state index contributed by atoms with van der Waals surface area (Å²) >= 11 is 0. The monoisotopic (exact) mass is 391 g/mol.